The van der Waals surface area contributed by atoms with Crippen LogP contribution < -0.4 is 10.6 Å². The Hall–Kier alpha value is -4.01. The maximum Gasteiger partial charge on any atom is 0.276 e. The summed E-state index contributed by atoms with van der Waals surface area (Å²) in [5, 5.41) is 15.0. The summed E-state index contributed by atoms with van der Waals surface area (Å²) in [4.78, 5) is 13.4. The third-order valence-corrected chi connectivity index (χ3v) is 4.75. The van der Waals surface area contributed by atoms with E-state index in [1.165, 1.54) is 11.1 Å². The molecule has 32 heavy (non-hydrogen) atoms. The molecule has 1 aromatic carbocycles. The summed E-state index contributed by atoms with van der Waals surface area (Å²) in [5.41, 5.74) is 3.03. The second kappa shape index (κ2) is 10.9. The number of aromatic nitrogens is 5. The van der Waals surface area contributed by atoms with Crippen LogP contribution in [0.1, 0.15) is 23.9 Å². The van der Waals surface area contributed by atoms with Gasteiger partial charge in [0.05, 0.1) is 13.1 Å². The van der Waals surface area contributed by atoms with Gasteiger partial charge >= 0.3 is 0 Å². The molecular formula is C23H26N8O. The molecule has 0 saturated carbocycles. The van der Waals surface area contributed by atoms with E-state index in [1.807, 2.05) is 54.2 Å². The molecule has 9 heteroatoms. The highest BCUT2D eigenvalue weighted by Crippen LogP contribution is 2.13. The van der Waals surface area contributed by atoms with Gasteiger partial charge in [0.15, 0.2) is 11.8 Å². The lowest BCUT2D eigenvalue weighted by Gasteiger charge is -2.12. The first-order chi connectivity index (χ1) is 15.8. The maximum absolute atomic E-state index is 5.31. The summed E-state index contributed by atoms with van der Waals surface area (Å²) < 4.78 is 7.23. The third-order valence-electron chi connectivity index (χ3n) is 4.75. The molecule has 0 aliphatic rings. The molecule has 0 radical (unpaired) electrons. The number of pyridine rings is 1. The Labute approximate surface area is 186 Å². The largest absolute Gasteiger partial charge is 0.357 e. The Morgan fingerprint density at radius 3 is 2.69 bits per heavy atom. The molecule has 0 spiro atoms. The molecule has 4 rings (SSSR count). The van der Waals surface area contributed by atoms with Gasteiger partial charge in [-0.1, -0.05) is 35.5 Å². The summed E-state index contributed by atoms with van der Waals surface area (Å²) >= 11 is 0. The molecule has 0 amide bonds. The number of benzene rings is 1. The summed E-state index contributed by atoms with van der Waals surface area (Å²) in [6.45, 7) is 4.73. The molecule has 0 saturated heterocycles. The first-order valence-electron chi connectivity index (χ1n) is 10.6. The van der Waals surface area contributed by atoms with Crippen molar-refractivity contribution in [1.82, 2.24) is 35.5 Å². The second-order valence-corrected chi connectivity index (χ2v) is 7.08. The molecule has 0 unspecified atom stereocenters. The number of guanidine groups is 1. The van der Waals surface area contributed by atoms with Crippen LogP contribution in [0.5, 0.6) is 0 Å². The minimum Gasteiger partial charge on any atom is -0.357 e. The molecule has 4 aromatic rings. The van der Waals surface area contributed by atoms with Crippen LogP contribution in [0.3, 0.4) is 0 Å². The minimum absolute atomic E-state index is 0.426. The minimum atomic E-state index is 0.426. The van der Waals surface area contributed by atoms with E-state index in [9.17, 15) is 0 Å². The Morgan fingerprint density at radius 1 is 1.03 bits per heavy atom. The van der Waals surface area contributed by atoms with Crippen LogP contribution in [-0.2, 0) is 19.5 Å². The number of nitrogens with one attached hydrogen (secondary N) is 2. The van der Waals surface area contributed by atoms with Crippen LogP contribution in [0.4, 0.5) is 0 Å². The molecule has 0 fully saturated rings. The van der Waals surface area contributed by atoms with E-state index < -0.39 is 0 Å². The van der Waals surface area contributed by atoms with E-state index >= 15 is 0 Å². The maximum atomic E-state index is 5.31. The van der Waals surface area contributed by atoms with Gasteiger partial charge in [0.2, 0.25) is 0 Å². The van der Waals surface area contributed by atoms with Crippen LogP contribution in [0.2, 0.25) is 0 Å². The van der Waals surface area contributed by atoms with Crippen LogP contribution in [0, 0.1) is 0 Å². The predicted octanol–water partition coefficient (Wildman–Crippen LogP) is 2.67. The smallest absolute Gasteiger partial charge is 0.276 e. The zero-order valence-electron chi connectivity index (χ0n) is 18.0. The van der Waals surface area contributed by atoms with Crippen molar-refractivity contribution >= 4 is 5.96 Å². The number of hydrogen-bond donors (Lipinski definition) is 2. The van der Waals surface area contributed by atoms with Gasteiger partial charge in [0, 0.05) is 38.1 Å². The van der Waals surface area contributed by atoms with E-state index in [-0.39, 0.29) is 0 Å². The standard InChI is InChI=1S/C23H26N8O/c1-2-24-23(26-14-11-21-29-22(32-30-21)20-10-5-6-12-25-20)27-16-18-8-3-4-9-19(18)17-31-15-7-13-28-31/h3-10,12-13,15H,2,11,14,16-17H2,1H3,(H2,24,26,27). The van der Waals surface area contributed by atoms with Gasteiger partial charge in [-0.25, -0.2) is 4.99 Å². The fraction of sp³-hybridized carbons (Fsp3) is 0.261. The molecule has 0 atom stereocenters. The van der Waals surface area contributed by atoms with Crippen LogP contribution >= 0.6 is 0 Å². The van der Waals surface area contributed by atoms with Crippen molar-refractivity contribution in [3.05, 3.63) is 84.1 Å². The molecule has 9 nitrogen and oxygen atoms in total. The molecule has 0 aliphatic heterocycles. The highest BCUT2D eigenvalue weighted by Gasteiger charge is 2.10. The number of rotatable bonds is 9. The van der Waals surface area contributed by atoms with Crippen molar-refractivity contribution in [3.8, 4) is 11.6 Å². The zero-order valence-corrected chi connectivity index (χ0v) is 18.0. The molecule has 3 aromatic heterocycles. The zero-order chi connectivity index (χ0) is 22.0. The fourth-order valence-corrected chi connectivity index (χ4v) is 3.18. The second-order valence-electron chi connectivity index (χ2n) is 7.08. The topological polar surface area (TPSA) is 106 Å². The van der Waals surface area contributed by atoms with E-state index in [4.69, 9.17) is 9.52 Å². The molecule has 0 bridgehead atoms. The van der Waals surface area contributed by atoms with Gasteiger partial charge in [-0.3, -0.25) is 9.67 Å². The summed E-state index contributed by atoms with van der Waals surface area (Å²) in [7, 11) is 0. The van der Waals surface area contributed by atoms with Gasteiger partial charge in [-0.05, 0) is 36.2 Å². The Bertz CT molecular complexity index is 1120. The monoisotopic (exact) mass is 430 g/mol. The van der Waals surface area contributed by atoms with Crippen LogP contribution in [0.25, 0.3) is 11.6 Å². The lowest BCUT2D eigenvalue weighted by atomic mass is 10.1. The van der Waals surface area contributed by atoms with Crippen LogP contribution in [-0.4, -0.2) is 44.0 Å². The van der Waals surface area contributed by atoms with E-state index in [0.29, 0.717) is 36.9 Å². The first kappa shape index (κ1) is 21.2. The first-order valence-corrected chi connectivity index (χ1v) is 10.6. The van der Waals surface area contributed by atoms with Gasteiger partial charge in [-0.2, -0.15) is 10.1 Å². The number of nitrogens with zero attached hydrogens (tertiary/aromatic N) is 6. The summed E-state index contributed by atoms with van der Waals surface area (Å²) in [6, 6.07) is 15.8. The van der Waals surface area contributed by atoms with E-state index in [2.05, 4.69) is 43.0 Å². The number of aliphatic imine (C=N–C) groups is 1. The van der Waals surface area contributed by atoms with Crippen molar-refractivity contribution in [2.75, 3.05) is 13.1 Å². The molecule has 2 N–H and O–H groups in total. The van der Waals surface area contributed by atoms with Crippen molar-refractivity contribution in [1.29, 1.82) is 0 Å². The lowest BCUT2D eigenvalue weighted by Crippen LogP contribution is -2.38. The average Bonchev–Trinajstić information content (AvgIpc) is 3.51. The highest BCUT2D eigenvalue weighted by atomic mass is 16.5. The van der Waals surface area contributed by atoms with Gasteiger partial charge in [-0.15, -0.1) is 0 Å². The normalized spacial score (nSPS) is 11.5. The molecule has 0 aliphatic carbocycles. The molecule has 3 heterocycles. The summed E-state index contributed by atoms with van der Waals surface area (Å²) in [5.74, 6) is 1.79. The van der Waals surface area contributed by atoms with Crippen molar-refractivity contribution in [2.24, 2.45) is 4.99 Å². The average molecular weight is 431 g/mol. The summed E-state index contributed by atoms with van der Waals surface area (Å²) in [6.07, 6.45) is 6.06. The van der Waals surface area contributed by atoms with Crippen molar-refractivity contribution in [3.63, 3.8) is 0 Å². The van der Waals surface area contributed by atoms with Gasteiger partial charge < -0.3 is 15.2 Å². The lowest BCUT2D eigenvalue weighted by molar-refractivity contribution is 0.421. The Balaban J connectivity index is 1.35. The number of hydrogen-bond acceptors (Lipinski definition) is 6. The quantitative estimate of drug-likeness (QED) is 0.311. The van der Waals surface area contributed by atoms with Gasteiger partial charge in [0.25, 0.3) is 5.89 Å². The van der Waals surface area contributed by atoms with Crippen molar-refractivity contribution in [2.45, 2.75) is 26.4 Å². The SMILES string of the molecule is CCNC(=NCc1ccccc1Cn1cccn1)NCCc1noc(-c2ccccn2)n1. The van der Waals surface area contributed by atoms with E-state index in [0.717, 1.165) is 19.0 Å². The van der Waals surface area contributed by atoms with Crippen LogP contribution in [0.15, 0.2) is 76.6 Å². The molecule has 164 valence electrons. The van der Waals surface area contributed by atoms with E-state index in [1.54, 1.807) is 12.4 Å². The van der Waals surface area contributed by atoms with Gasteiger partial charge in [0.1, 0.15) is 5.69 Å². The third kappa shape index (κ3) is 5.78. The molecular weight excluding hydrogens is 404 g/mol. The predicted molar refractivity (Wildman–Crippen MR) is 122 cm³/mol. The fourth-order valence-electron chi connectivity index (χ4n) is 3.18. The Kier molecular flexibility index (Phi) is 7.20. The Morgan fingerprint density at radius 2 is 1.91 bits per heavy atom. The van der Waals surface area contributed by atoms with Crippen molar-refractivity contribution < 1.29 is 4.52 Å². The highest BCUT2D eigenvalue weighted by molar-refractivity contribution is 5.79.